The molecule has 0 radical (unpaired) electrons. The number of carbonyl (C=O) groups is 2. The minimum atomic E-state index is -0.116. The fraction of sp³-hybridized carbons (Fsp3) is 0.350. The summed E-state index contributed by atoms with van der Waals surface area (Å²) in [7, 11) is 3.47. The Hall–Kier alpha value is -2.51. The smallest absolute Gasteiger partial charge is 0.298 e. The summed E-state index contributed by atoms with van der Waals surface area (Å²) in [4.78, 5) is 34.5. The van der Waals surface area contributed by atoms with Crippen molar-refractivity contribution in [3.8, 4) is 0 Å². The highest BCUT2D eigenvalue weighted by atomic mass is 35.5. The highest BCUT2D eigenvalue weighted by molar-refractivity contribution is 6.32. The number of likely N-dealkylation sites (N-methyl/N-ethyl adjacent to an activating group) is 2. The van der Waals surface area contributed by atoms with Crippen molar-refractivity contribution < 1.29 is 14.3 Å². The number of allylic oxidation sites excluding steroid dienone is 3. The number of rotatable bonds is 7. The number of carbonyl (C=O) groups excluding carboxylic acids is 2. The molecule has 1 aliphatic carbocycles. The second-order valence-electron chi connectivity index (χ2n) is 7.02. The molecule has 0 fully saturated rings. The Morgan fingerprint density at radius 1 is 1.31 bits per heavy atom. The zero-order chi connectivity index (χ0) is 21.1. The minimum Gasteiger partial charge on any atom is -0.431 e. The zero-order valence-electron chi connectivity index (χ0n) is 16.5. The molecule has 3 rings (SSSR count). The lowest BCUT2D eigenvalue weighted by Crippen LogP contribution is -2.36. The number of aryl methyl sites for hydroxylation is 1. The Bertz CT molecular complexity index is 974. The number of benzene rings is 1. The molecule has 0 spiro atoms. The first-order valence-electron chi connectivity index (χ1n) is 9.08. The van der Waals surface area contributed by atoms with Crippen LogP contribution in [0.2, 0.25) is 5.02 Å². The molecule has 0 saturated carbocycles. The van der Waals surface area contributed by atoms with Crippen LogP contribution in [0.25, 0.3) is 11.0 Å². The number of halogens is 2. The molecular weight excluding hydrogens is 415 g/mol. The molecule has 29 heavy (non-hydrogen) atoms. The van der Waals surface area contributed by atoms with Gasteiger partial charge in [0.1, 0.15) is 11.6 Å². The number of nitrogens with one attached hydrogen (secondary N) is 1. The molecule has 0 atom stereocenters. The maximum Gasteiger partial charge on any atom is 0.298 e. The summed E-state index contributed by atoms with van der Waals surface area (Å²) in [5.41, 5.74) is 3.23. The number of imidazole rings is 1. The molecule has 1 aromatic carbocycles. The van der Waals surface area contributed by atoms with E-state index in [1.807, 2.05) is 19.1 Å². The van der Waals surface area contributed by atoms with Crippen LogP contribution in [-0.2, 0) is 20.9 Å². The van der Waals surface area contributed by atoms with Gasteiger partial charge in [0.2, 0.25) is 5.91 Å². The van der Waals surface area contributed by atoms with Crippen LogP contribution >= 0.6 is 23.2 Å². The molecule has 1 amide bonds. The average molecular weight is 437 g/mol. The van der Waals surface area contributed by atoms with Gasteiger partial charge >= 0.3 is 0 Å². The van der Waals surface area contributed by atoms with Gasteiger partial charge in [-0.05, 0) is 37.1 Å². The van der Waals surface area contributed by atoms with Crippen molar-refractivity contribution in [3.63, 3.8) is 0 Å². The number of ether oxygens (including phenoxy) is 1. The Balaban J connectivity index is 1.69. The van der Waals surface area contributed by atoms with Crippen LogP contribution in [0.4, 0.5) is 0 Å². The van der Waals surface area contributed by atoms with Crippen LogP contribution in [0.5, 0.6) is 0 Å². The Labute approximate surface area is 178 Å². The first-order valence-corrected chi connectivity index (χ1v) is 9.83. The second kappa shape index (κ2) is 8.88. The number of nitrogens with zero attached hydrogens (tertiary/aromatic N) is 3. The summed E-state index contributed by atoms with van der Waals surface area (Å²) >= 11 is 12.3. The molecule has 1 aromatic heterocycles. The Kier molecular flexibility index (Phi) is 6.49. The van der Waals surface area contributed by atoms with E-state index in [1.54, 1.807) is 30.0 Å². The first-order chi connectivity index (χ1) is 13.8. The first kappa shape index (κ1) is 21.2. The van der Waals surface area contributed by atoms with Crippen molar-refractivity contribution >= 4 is 46.6 Å². The van der Waals surface area contributed by atoms with Gasteiger partial charge in [0.15, 0.2) is 0 Å². The quantitative estimate of drug-likeness (QED) is 0.669. The van der Waals surface area contributed by atoms with Gasteiger partial charge in [0.05, 0.1) is 29.8 Å². The number of aromatic amines is 1. The van der Waals surface area contributed by atoms with Gasteiger partial charge in [0.25, 0.3) is 6.47 Å². The van der Waals surface area contributed by atoms with Gasteiger partial charge in [-0.15, -0.1) is 0 Å². The fourth-order valence-electron chi connectivity index (χ4n) is 3.15. The number of aromatic nitrogens is 2. The SMILES string of the molecule is Cc1cc2[nH]c(CN(C)C(=O)CN(C)C3=C(OC=O)CCC(Cl)=C3)nc2cc1Cl. The summed E-state index contributed by atoms with van der Waals surface area (Å²) < 4.78 is 5.06. The van der Waals surface area contributed by atoms with Crippen molar-refractivity contribution in [1.82, 2.24) is 19.8 Å². The fourth-order valence-corrected chi connectivity index (χ4v) is 3.51. The van der Waals surface area contributed by atoms with Gasteiger partial charge < -0.3 is 19.5 Å². The van der Waals surface area contributed by atoms with Crippen LogP contribution in [-0.4, -0.2) is 52.8 Å². The van der Waals surface area contributed by atoms with E-state index in [9.17, 15) is 9.59 Å². The van der Waals surface area contributed by atoms with E-state index in [1.165, 1.54) is 0 Å². The van der Waals surface area contributed by atoms with Crippen LogP contribution in [0.3, 0.4) is 0 Å². The molecule has 1 N–H and O–H groups in total. The average Bonchev–Trinajstić information content (AvgIpc) is 3.04. The lowest BCUT2D eigenvalue weighted by Gasteiger charge is -2.27. The molecule has 0 aliphatic heterocycles. The molecular formula is C20H22Cl2N4O3. The summed E-state index contributed by atoms with van der Waals surface area (Å²) in [5.74, 6) is 1.06. The second-order valence-corrected chi connectivity index (χ2v) is 7.91. The van der Waals surface area contributed by atoms with E-state index >= 15 is 0 Å². The van der Waals surface area contributed by atoms with E-state index in [0.29, 0.717) is 53.2 Å². The standard InChI is InChI=1S/C20H22Cl2N4O3/c1-12-6-15-16(8-14(12)22)24-19(23-15)9-26(3)20(28)10-25(2)17-7-13(21)4-5-18(17)29-11-27/h6-8,11H,4-5,9-10H2,1-3H3,(H,23,24). The molecule has 1 heterocycles. The van der Waals surface area contributed by atoms with E-state index in [0.717, 1.165) is 16.6 Å². The van der Waals surface area contributed by atoms with Gasteiger partial charge in [-0.2, -0.15) is 0 Å². The van der Waals surface area contributed by atoms with Gasteiger partial charge in [-0.3, -0.25) is 9.59 Å². The third-order valence-electron chi connectivity index (χ3n) is 4.77. The van der Waals surface area contributed by atoms with Crippen LogP contribution < -0.4 is 0 Å². The normalized spacial score (nSPS) is 14.0. The third kappa shape index (κ3) is 4.92. The monoisotopic (exact) mass is 436 g/mol. The van der Waals surface area contributed by atoms with Crippen LogP contribution in [0.15, 0.2) is 34.7 Å². The number of hydrogen-bond acceptors (Lipinski definition) is 5. The largest absolute Gasteiger partial charge is 0.431 e. The minimum absolute atomic E-state index is 0.101. The Morgan fingerprint density at radius 3 is 2.79 bits per heavy atom. The van der Waals surface area contributed by atoms with E-state index in [-0.39, 0.29) is 12.5 Å². The zero-order valence-corrected chi connectivity index (χ0v) is 18.0. The highest BCUT2D eigenvalue weighted by Gasteiger charge is 2.21. The van der Waals surface area contributed by atoms with Crippen molar-refractivity contribution in [3.05, 3.63) is 51.1 Å². The summed E-state index contributed by atoms with van der Waals surface area (Å²) in [5, 5.41) is 1.31. The van der Waals surface area contributed by atoms with E-state index < -0.39 is 0 Å². The predicted octanol–water partition coefficient (Wildman–Crippen LogP) is 3.72. The summed E-state index contributed by atoms with van der Waals surface area (Å²) in [6.45, 7) is 2.74. The van der Waals surface area contributed by atoms with Crippen molar-refractivity contribution in [1.29, 1.82) is 0 Å². The van der Waals surface area contributed by atoms with Crippen LogP contribution in [0, 0.1) is 6.92 Å². The van der Waals surface area contributed by atoms with Crippen LogP contribution in [0.1, 0.15) is 24.2 Å². The maximum absolute atomic E-state index is 12.7. The van der Waals surface area contributed by atoms with Gasteiger partial charge in [0, 0.05) is 30.6 Å². The summed E-state index contributed by atoms with van der Waals surface area (Å²) in [6, 6.07) is 3.74. The van der Waals surface area contributed by atoms with Gasteiger partial charge in [-0.1, -0.05) is 23.2 Å². The lowest BCUT2D eigenvalue weighted by atomic mass is 10.1. The molecule has 1 aliphatic rings. The van der Waals surface area contributed by atoms with Crippen molar-refractivity contribution in [2.75, 3.05) is 20.6 Å². The van der Waals surface area contributed by atoms with Gasteiger partial charge in [-0.25, -0.2) is 4.98 Å². The topological polar surface area (TPSA) is 78.5 Å². The number of amides is 1. The molecule has 0 unspecified atom stereocenters. The molecule has 0 saturated heterocycles. The lowest BCUT2D eigenvalue weighted by molar-refractivity contribution is -0.131. The van der Waals surface area contributed by atoms with Crippen molar-refractivity contribution in [2.24, 2.45) is 0 Å². The predicted molar refractivity (Wildman–Crippen MR) is 112 cm³/mol. The molecule has 2 aromatic rings. The van der Waals surface area contributed by atoms with E-state index in [2.05, 4.69) is 9.97 Å². The number of hydrogen-bond donors (Lipinski definition) is 1. The molecule has 154 valence electrons. The van der Waals surface area contributed by atoms with E-state index in [4.69, 9.17) is 27.9 Å². The Morgan fingerprint density at radius 2 is 2.07 bits per heavy atom. The highest BCUT2D eigenvalue weighted by Crippen LogP contribution is 2.28. The molecule has 0 bridgehead atoms. The number of H-pyrrole nitrogens is 1. The number of fused-ring (bicyclic) bond motifs is 1. The maximum atomic E-state index is 12.7. The molecule has 7 nitrogen and oxygen atoms in total. The molecule has 9 heteroatoms. The van der Waals surface area contributed by atoms with Crippen molar-refractivity contribution in [2.45, 2.75) is 26.3 Å². The third-order valence-corrected chi connectivity index (χ3v) is 5.47. The summed E-state index contributed by atoms with van der Waals surface area (Å²) in [6.07, 6.45) is 2.84.